The molecule has 0 heterocycles. The molecular formula is C11H17BFNO2. The van der Waals surface area contributed by atoms with Gasteiger partial charge in [0, 0.05) is 6.61 Å². The Morgan fingerprint density at radius 3 is 2.81 bits per heavy atom. The molecule has 1 aromatic carbocycles. The van der Waals surface area contributed by atoms with Crippen LogP contribution in [0.15, 0.2) is 18.2 Å². The zero-order chi connectivity index (χ0) is 12.0. The predicted molar refractivity (Wildman–Crippen MR) is 63.0 cm³/mol. The van der Waals surface area contributed by atoms with Gasteiger partial charge in [-0.3, -0.25) is 0 Å². The molecule has 0 saturated carbocycles. The number of nitrogens with one attached hydrogen (secondary N) is 1. The molecule has 2 N–H and O–H groups in total. The largest absolute Gasteiger partial charge is 0.418 e. The van der Waals surface area contributed by atoms with Crippen molar-refractivity contribution in [3.8, 4) is 0 Å². The van der Waals surface area contributed by atoms with Crippen LogP contribution in [0.4, 0.5) is 4.39 Å². The number of aliphatic hydroxyl groups excluding tert-OH is 1. The number of halogens is 1. The predicted octanol–water partition coefficient (Wildman–Crippen LogP) is 0.659. The van der Waals surface area contributed by atoms with Gasteiger partial charge in [-0.15, -0.1) is 0 Å². The molecule has 0 aromatic heterocycles. The van der Waals surface area contributed by atoms with E-state index in [4.69, 9.17) is 9.76 Å². The average Bonchev–Trinajstić information content (AvgIpc) is 2.31. The fourth-order valence-electron chi connectivity index (χ4n) is 1.53. The average molecular weight is 225 g/mol. The molecule has 5 heteroatoms. The molecule has 0 atom stereocenters. The van der Waals surface area contributed by atoms with Gasteiger partial charge in [0.25, 0.3) is 0 Å². The zero-order valence-electron chi connectivity index (χ0n) is 9.66. The molecule has 3 nitrogen and oxygen atoms in total. The van der Waals surface area contributed by atoms with Gasteiger partial charge in [0.1, 0.15) is 5.82 Å². The van der Waals surface area contributed by atoms with Crippen LogP contribution in [0.3, 0.4) is 0 Å². The van der Waals surface area contributed by atoms with Gasteiger partial charge in [-0.25, -0.2) is 4.39 Å². The summed E-state index contributed by atoms with van der Waals surface area (Å²) in [6.07, 6.45) is 0.911. The van der Waals surface area contributed by atoms with Crippen molar-refractivity contribution < 1.29 is 14.2 Å². The Hall–Kier alpha value is -0.905. The Kier molecular flexibility index (Phi) is 5.45. The second kappa shape index (κ2) is 6.63. The third-order valence-corrected chi connectivity index (χ3v) is 2.31. The van der Waals surface area contributed by atoms with Crippen molar-refractivity contribution >= 4 is 12.5 Å². The minimum absolute atomic E-state index is 0.194. The molecule has 1 aromatic rings. The number of hydrogen-bond donors (Lipinski definition) is 2. The van der Waals surface area contributed by atoms with Crippen LogP contribution in [0.2, 0.25) is 0 Å². The molecule has 0 bridgehead atoms. The van der Waals surface area contributed by atoms with Crippen molar-refractivity contribution in [1.29, 1.82) is 0 Å². The minimum atomic E-state index is -0.349. The van der Waals surface area contributed by atoms with Crippen LogP contribution in [0, 0.1) is 5.82 Å². The normalized spacial score (nSPS) is 10.5. The van der Waals surface area contributed by atoms with Crippen molar-refractivity contribution in [2.24, 2.45) is 0 Å². The Morgan fingerprint density at radius 2 is 2.25 bits per heavy atom. The van der Waals surface area contributed by atoms with Crippen molar-refractivity contribution in [2.75, 3.05) is 13.7 Å². The van der Waals surface area contributed by atoms with Crippen LogP contribution < -0.4 is 10.7 Å². The van der Waals surface area contributed by atoms with Gasteiger partial charge in [0.15, 0.2) is 0 Å². The first-order chi connectivity index (χ1) is 7.72. The third-order valence-electron chi connectivity index (χ3n) is 2.31. The van der Waals surface area contributed by atoms with Gasteiger partial charge in [-0.05, 0) is 36.6 Å². The molecule has 88 valence electrons. The highest BCUT2D eigenvalue weighted by Crippen LogP contribution is 2.03. The molecule has 0 aliphatic carbocycles. The second-order valence-corrected chi connectivity index (χ2v) is 3.54. The lowest BCUT2D eigenvalue weighted by Crippen LogP contribution is -2.47. The summed E-state index contributed by atoms with van der Waals surface area (Å²) in [5.74, 6) is -0.349. The first-order valence-electron chi connectivity index (χ1n) is 5.41. The number of aliphatic hydroxyl groups is 1. The molecule has 0 aliphatic heterocycles. The first-order valence-corrected chi connectivity index (χ1v) is 5.41. The lowest BCUT2D eigenvalue weighted by Gasteiger charge is -2.15. The lowest BCUT2D eigenvalue weighted by atomic mass is 9.71. The summed E-state index contributed by atoms with van der Waals surface area (Å²) in [5, 5.41) is 12.2. The third kappa shape index (κ3) is 3.30. The topological polar surface area (TPSA) is 41.5 Å². The molecule has 0 amide bonds. The van der Waals surface area contributed by atoms with Crippen LogP contribution >= 0.6 is 0 Å². The van der Waals surface area contributed by atoms with Gasteiger partial charge >= 0.3 is 7.05 Å². The Morgan fingerprint density at radius 1 is 1.50 bits per heavy atom. The summed E-state index contributed by atoms with van der Waals surface area (Å²) in [7, 11) is 1.47. The number of rotatable bonds is 6. The summed E-state index contributed by atoms with van der Waals surface area (Å²) >= 11 is 0. The van der Waals surface area contributed by atoms with Crippen LogP contribution in [-0.4, -0.2) is 25.8 Å². The monoisotopic (exact) mass is 225 g/mol. The van der Waals surface area contributed by atoms with Gasteiger partial charge in [0.05, 0.1) is 6.61 Å². The van der Waals surface area contributed by atoms with E-state index in [-0.39, 0.29) is 19.5 Å². The molecule has 16 heavy (non-hydrogen) atoms. The van der Waals surface area contributed by atoms with Gasteiger partial charge < -0.3 is 15.0 Å². The number of benzene rings is 1. The van der Waals surface area contributed by atoms with E-state index in [1.807, 2.05) is 6.92 Å². The van der Waals surface area contributed by atoms with E-state index in [2.05, 4.69) is 5.23 Å². The van der Waals surface area contributed by atoms with E-state index in [9.17, 15) is 4.39 Å². The molecule has 0 spiro atoms. The standard InChI is InChI=1S/C11H17BFNO2/c1-3-6-16-12(14-2)11-5-4-10(13)7-9(11)8-15/h4-5,7,14-15H,3,6,8H2,1-2H3. The molecule has 0 unspecified atom stereocenters. The van der Waals surface area contributed by atoms with Crippen LogP contribution in [0.5, 0.6) is 0 Å². The molecule has 0 aliphatic rings. The Labute approximate surface area is 95.8 Å². The van der Waals surface area contributed by atoms with E-state index < -0.39 is 0 Å². The lowest BCUT2D eigenvalue weighted by molar-refractivity contribution is 0.281. The van der Waals surface area contributed by atoms with E-state index in [0.29, 0.717) is 12.2 Å². The maximum atomic E-state index is 13.0. The summed E-state index contributed by atoms with van der Waals surface area (Å²) in [5.41, 5.74) is 1.33. The van der Waals surface area contributed by atoms with E-state index in [0.717, 1.165) is 11.9 Å². The molecule has 0 radical (unpaired) electrons. The SMILES string of the molecule is CCCOB(NC)c1ccc(F)cc1CO. The van der Waals surface area contributed by atoms with E-state index in [1.165, 1.54) is 12.1 Å². The Bertz CT molecular complexity index is 336. The van der Waals surface area contributed by atoms with Crippen LogP contribution in [0.25, 0.3) is 0 Å². The molecule has 0 fully saturated rings. The fraction of sp³-hybridized carbons (Fsp3) is 0.455. The summed E-state index contributed by atoms with van der Waals surface area (Å²) < 4.78 is 18.5. The summed E-state index contributed by atoms with van der Waals surface area (Å²) in [4.78, 5) is 0. The second-order valence-electron chi connectivity index (χ2n) is 3.54. The quantitative estimate of drug-likeness (QED) is 0.699. The molecule has 1 rings (SSSR count). The highest BCUT2D eigenvalue weighted by molar-refractivity contribution is 6.65. The maximum absolute atomic E-state index is 13.0. The van der Waals surface area contributed by atoms with Crippen molar-refractivity contribution in [3.05, 3.63) is 29.6 Å². The van der Waals surface area contributed by atoms with Crippen LogP contribution in [-0.2, 0) is 11.3 Å². The molecular weight excluding hydrogens is 208 g/mol. The highest BCUT2D eigenvalue weighted by Gasteiger charge is 2.20. The van der Waals surface area contributed by atoms with E-state index >= 15 is 0 Å². The Balaban J connectivity index is 2.90. The van der Waals surface area contributed by atoms with Gasteiger partial charge in [-0.2, -0.15) is 0 Å². The molecule has 0 saturated heterocycles. The minimum Gasteiger partial charge on any atom is -0.418 e. The van der Waals surface area contributed by atoms with Crippen LogP contribution in [0.1, 0.15) is 18.9 Å². The smallest absolute Gasteiger partial charge is 0.415 e. The summed E-state index contributed by atoms with van der Waals surface area (Å²) in [6, 6.07) is 4.33. The van der Waals surface area contributed by atoms with E-state index in [1.54, 1.807) is 13.1 Å². The van der Waals surface area contributed by atoms with Gasteiger partial charge in [-0.1, -0.05) is 13.0 Å². The van der Waals surface area contributed by atoms with Crippen molar-refractivity contribution in [2.45, 2.75) is 20.0 Å². The maximum Gasteiger partial charge on any atom is 0.415 e. The van der Waals surface area contributed by atoms with Gasteiger partial charge in [0.2, 0.25) is 0 Å². The van der Waals surface area contributed by atoms with Crippen molar-refractivity contribution in [3.63, 3.8) is 0 Å². The summed E-state index contributed by atoms with van der Waals surface area (Å²) in [6.45, 7) is 2.44. The number of hydrogen-bond acceptors (Lipinski definition) is 3. The fourth-order valence-corrected chi connectivity index (χ4v) is 1.53. The first kappa shape index (κ1) is 13.2. The zero-order valence-corrected chi connectivity index (χ0v) is 9.66. The van der Waals surface area contributed by atoms with Crippen molar-refractivity contribution in [1.82, 2.24) is 5.23 Å². The highest BCUT2D eigenvalue weighted by atomic mass is 19.1.